The fraction of sp³-hybridized carbons (Fsp3) is 0.143. The van der Waals surface area contributed by atoms with Gasteiger partial charge in [-0.05, 0) is 29.8 Å². The number of aromatic nitrogens is 2. The number of halogens is 1. The maximum Gasteiger partial charge on any atom is 0.226 e. The number of imidazole rings is 1. The van der Waals surface area contributed by atoms with Crippen LogP contribution in [0.3, 0.4) is 0 Å². The molecule has 2 aromatic carbocycles. The average Bonchev–Trinajstić information content (AvgIpc) is 3.29. The number of benzene rings is 2. The summed E-state index contributed by atoms with van der Waals surface area (Å²) in [5, 5.41) is 4.96. The molecule has 7 heteroatoms. The van der Waals surface area contributed by atoms with Gasteiger partial charge in [-0.2, -0.15) is 0 Å². The van der Waals surface area contributed by atoms with Gasteiger partial charge in [0, 0.05) is 33.9 Å². The van der Waals surface area contributed by atoms with Crippen molar-refractivity contribution in [2.75, 3.05) is 7.11 Å². The van der Waals surface area contributed by atoms with E-state index in [9.17, 15) is 4.79 Å². The Hall–Kier alpha value is -2.64. The largest absolute Gasteiger partial charge is 0.497 e. The van der Waals surface area contributed by atoms with E-state index < -0.39 is 0 Å². The first-order valence-electron chi connectivity index (χ1n) is 8.73. The standard InChI is InChI=1S/C21H18BrN3O2S/c1-27-18-7-5-14(6-8-18)11-23-20(26)10-17-13-28-21-24-19(12-25(17)21)15-3-2-4-16(22)9-15/h2-9,12-13H,10-11H2,1H3,(H,23,26). The van der Waals surface area contributed by atoms with Crippen LogP contribution in [0.1, 0.15) is 11.3 Å². The summed E-state index contributed by atoms with van der Waals surface area (Å²) in [6.07, 6.45) is 2.30. The van der Waals surface area contributed by atoms with Crippen LogP contribution in [0, 0.1) is 0 Å². The zero-order valence-corrected chi connectivity index (χ0v) is 17.6. The molecule has 142 valence electrons. The number of methoxy groups -OCH3 is 1. The number of ether oxygens (including phenoxy) is 1. The number of rotatable bonds is 6. The first kappa shape index (κ1) is 18.7. The van der Waals surface area contributed by atoms with Gasteiger partial charge in [0.25, 0.3) is 0 Å². The molecule has 0 atom stereocenters. The van der Waals surface area contributed by atoms with Gasteiger partial charge in [0.2, 0.25) is 5.91 Å². The lowest BCUT2D eigenvalue weighted by atomic mass is 10.2. The van der Waals surface area contributed by atoms with Gasteiger partial charge in [0.15, 0.2) is 4.96 Å². The van der Waals surface area contributed by atoms with Crippen molar-refractivity contribution in [1.82, 2.24) is 14.7 Å². The summed E-state index contributed by atoms with van der Waals surface area (Å²) in [6.45, 7) is 0.489. The number of nitrogens with zero attached hydrogens (tertiary/aromatic N) is 2. The SMILES string of the molecule is COc1ccc(CNC(=O)Cc2csc3nc(-c4cccc(Br)c4)cn23)cc1. The molecule has 4 rings (SSSR count). The molecule has 1 amide bonds. The van der Waals surface area contributed by atoms with E-state index in [1.807, 2.05) is 64.5 Å². The normalized spacial score (nSPS) is 10.9. The number of amides is 1. The van der Waals surface area contributed by atoms with Crippen molar-refractivity contribution in [1.29, 1.82) is 0 Å². The molecule has 0 aliphatic carbocycles. The lowest BCUT2D eigenvalue weighted by Gasteiger charge is -2.06. The van der Waals surface area contributed by atoms with E-state index in [4.69, 9.17) is 4.74 Å². The molecule has 0 aliphatic rings. The second-order valence-electron chi connectivity index (χ2n) is 6.32. The van der Waals surface area contributed by atoms with Crippen molar-refractivity contribution in [3.05, 3.63) is 75.8 Å². The minimum Gasteiger partial charge on any atom is -0.497 e. The van der Waals surface area contributed by atoms with Crippen LogP contribution in [0.15, 0.2) is 64.6 Å². The van der Waals surface area contributed by atoms with Crippen LogP contribution in [0.2, 0.25) is 0 Å². The van der Waals surface area contributed by atoms with Crippen LogP contribution in [0.5, 0.6) is 5.75 Å². The summed E-state index contributed by atoms with van der Waals surface area (Å²) in [4.78, 5) is 18.0. The molecule has 5 nitrogen and oxygen atoms in total. The van der Waals surface area contributed by atoms with Gasteiger partial charge < -0.3 is 10.1 Å². The highest BCUT2D eigenvalue weighted by Gasteiger charge is 2.12. The van der Waals surface area contributed by atoms with Crippen molar-refractivity contribution in [2.45, 2.75) is 13.0 Å². The van der Waals surface area contributed by atoms with Crippen LogP contribution >= 0.6 is 27.3 Å². The first-order chi connectivity index (χ1) is 13.6. The quantitative estimate of drug-likeness (QED) is 0.458. The molecule has 2 heterocycles. The van der Waals surface area contributed by atoms with Gasteiger partial charge in [0.1, 0.15) is 5.75 Å². The molecular formula is C21H18BrN3O2S. The Morgan fingerprint density at radius 3 is 2.82 bits per heavy atom. The minimum absolute atomic E-state index is 0.0202. The Balaban J connectivity index is 1.44. The van der Waals surface area contributed by atoms with Crippen LogP contribution < -0.4 is 10.1 Å². The van der Waals surface area contributed by atoms with Crippen molar-refractivity contribution in [3.8, 4) is 17.0 Å². The molecule has 0 aliphatic heterocycles. The molecule has 0 saturated heterocycles. The summed E-state index contributed by atoms with van der Waals surface area (Å²) < 4.78 is 8.16. The van der Waals surface area contributed by atoms with E-state index in [1.54, 1.807) is 18.4 Å². The Morgan fingerprint density at radius 1 is 1.25 bits per heavy atom. The molecule has 0 radical (unpaired) electrons. The zero-order valence-electron chi connectivity index (χ0n) is 15.2. The second kappa shape index (κ2) is 8.16. The Morgan fingerprint density at radius 2 is 2.07 bits per heavy atom. The third kappa shape index (κ3) is 4.10. The molecular weight excluding hydrogens is 438 g/mol. The predicted octanol–water partition coefficient (Wildman–Crippen LogP) is 4.69. The van der Waals surface area contributed by atoms with Crippen LogP contribution in [-0.4, -0.2) is 22.4 Å². The maximum atomic E-state index is 12.4. The zero-order chi connectivity index (χ0) is 19.5. The molecule has 2 aromatic heterocycles. The maximum absolute atomic E-state index is 12.4. The van der Waals surface area contributed by atoms with Gasteiger partial charge in [0.05, 0.1) is 19.2 Å². The molecule has 0 unspecified atom stereocenters. The van der Waals surface area contributed by atoms with Crippen LogP contribution in [-0.2, 0) is 17.8 Å². The van der Waals surface area contributed by atoms with Gasteiger partial charge in [-0.3, -0.25) is 9.20 Å². The Labute approximate surface area is 175 Å². The summed E-state index contributed by atoms with van der Waals surface area (Å²) in [5.41, 5.74) is 3.90. The molecule has 0 fully saturated rings. The van der Waals surface area contributed by atoms with E-state index in [1.165, 1.54) is 0 Å². The highest BCUT2D eigenvalue weighted by atomic mass is 79.9. The topological polar surface area (TPSA) is 55.6 Å². The third-order valence-corrected chi connectivity index (χ3v) is 5.78. The van der Waals surface area contributed by atoms with Crippen LogP contribution in [0.4, 0.5) is 0 Å². The van der Waals surface area contributed by atoms with Gasteiger partial charge >= 0.3 is 0 Å². The lowest BCUT2D eigenvalue weighted by Crippen LogP contribution is -2.24. The smallest absolute Gasteiger partial charge is 0.226 e. The van der Waals surface area contributed by atoms with Crippen molar-refractivity contribution in [2.24, 2.45) is 0 Å². The predicted molar refractivity (Wildman–Crippen MR) is 115 cm³/mol. The number of carbonyl (C=O) groups excluding carboxylic acids is 1. The van der Waals surface area contributed by atoms with E-state index in [2.05, 4.69) is 26.2 Å². The second-order valence-corrected chi connectivity index (χ2v) is 8.07. The molecule has 4 aromatic rings. The number of hydrogen-bond donors (Lipinski definition) is 1. The van der Waals surface area contributed by atoms with Crippen molar-refractivity contribution >= 4 is 38.1 Å². The van der Waals surface area contributed by atoms with Gasteiger partial charge in [-0.25, -0.2) is 4.98 Å². The van der Waals surface area contributed by atoms with Gasteiger partial charge in [-0.1, -0.05) is 40.2 Å². The molecule has 1 N–H and O–H groups in total. The Bertz CT molecular complexity index is 1120. The average molecular weight is 456 g/mol. The number of carbonyl (C=O) groups is 1. The minimum atomic E-state index is -0.0202. The van der Waals surface area contributed by atoms with Crippen molar-refractivity contribution < 1.29 is 9.53 Å². The van der Waals surface area contributed by atoms with E-state index in [-0.39, 0.29) is 5.91 Å². The first-order valence-corrected chi connectivity index (χ1v) is 10.4. The fourth-order valence-corrected chi connectivity index (χ4v) is 4.19. The number of thiazole rings is 1. The van der Waals surface area contributed by atoms with Crippen LogP contribution in [0.25, 0.3) is 16.2 Å². The fourth-order valence-electron chi connectivity index (χ4n) is 2.91. The van der Waals surface area contributed by atoms with E-state index in [0.717, 1.165) is 37.7 Å². The highest BCUT2D eigenvalue weighted by Crippen LogP contribution is 2.26. The molecule has 0 spiro atoms. The Kier molecular flexibility index (Phi) is 5.45. The monoisotopic (exact) mass is 455 g/mol. The number of fused-ring (bicyclic) bond motifs is 1. The van der Waals surface area contributed by atoms with Crippen molar-refractivity contribution in [3.63, 3.8) is 0 Å². The molecule has 0 saturated carbocycles. The van der Waals surface area contributed by atoms with E-state index in [0.29, 0.717) is 13.0 Å². The van der Waals surface area contributed by atoms with Gasteiger partial charge in [-0.15, -0.1) is 11.3 Å². The number of hydrogen-bond acceptors (Lipinski definition) is 4. The molecule has 28 heavy (non-hydrogen) atoms. The third-order valence-electron chi connectivity index (χ3n) is 4.39. The number of nitrogens with one attached hydrogen (secondary N) is 1. The summed E-state index contributed by atoms with van der Waals surface area (Å²) >= 11 is 5.03. The molecule has 0 bridgehead atoms. The summed E-state index contributed by atoms with van der Waals surface area (Å²) in [6, 6.07) is 15.7. The van der Waals surface area contributed by atoms with E-state index >= 15 is 0 Å². The summed E-state index contributed by atoms with van der Waals surface area (Å²) in [5.74, 6) is 0.783. The summed E-state index contributed by atoms with van der Waals surface area (Å²) in [7, 11) is 1.64. The lowest BCUT2D eigenvalue weighted by molar-refractivity contribution is -0.120. The highest BCUT2D eigenvalue weighted by molar-refractivity contribution is 9.10.